The molecule has 1 aliphatic rings. The lowest BCUT2D eigenvalue weighted by Crippen LogP contribution is -2.55. The fourth-order valence-electron chi connectivity index (χ4n) is 3.00. The molecule has 0 saturated heterocycles. The van der Waals surface area contributed by atoms with E-state index in [4.69, 9.17) is 10.2 Å². The predicted octanol–water partition coefficient (Wildman–Crippen LogP) is 2.02. The molecule has 0 radical (unpaired) electrons. The van der Waals surface area contributed by atoms with Gasteiger partial charge in [0.2, 0.25) is 0 Å². The Labute approximate surface area is 156 Å². The molecule has 0 fully saturated rings. The smallest absolute Gasteiger partial charge is 0.188 e. The van der Waals surface area contributed by atoms with E-state index in [2.05, 4.69) is 9.98 Å². The summed E-state index contributed by atoms with van der Waals surface area (Å²) in [4.78, 5) is 20.3. The Kier molecular flexibility index (Phi) is 4.46. The number of hydrogen-bond acceptors (Lipinski definition) is 7. The maximum absolute atomic E-state index is 14.6. The van der Waals surface area contributed by atoms with Gasteiger partial charge in [0.05, 0.1) is 5.75 Å². The van der Waals surface area contributed by atoms with Gasteiger partial charge in [-0.05, 0) is 38.5 Å². The maximum atomic E-state index is 14.6. The molecule has 3 rings (SSSR count). The number of aliphatic imine (C=N–C) groups is 1. The summed E-state index contributed by atoms with van der Waals surface area (Å²) in [6.45, 7) is 4.47. The van der Waals surface area contributed by atoms with Crippen molar-refractivity contribution in [3.8, 4) is 0 Å². The van der Waals surface area contributed by atoms with Crippen LogP contribution in [0.1, 0.15) is 42.4 Å². The molecule has 0 bridgehead atoms. The zero-order chi connectivity index (χ0) is 20.0. The van der Waals surface area contributed by atoms with Crippen molar-refractivity contribution in [2.45, 2.75) is 37.5 Å². The largest absolute Gasteiger partial charge is 0.451 e. The summed E-state index contributed by atoms with van der Waals surface area (Å²) in [6.07, 6.45) is 2.35. The fraction of sp³-hybridized carbons (Fsp3) is 0.389. The van der Waals surface area contributed by atoms with Crippen molar-refractivity contribution < 1.29 is 22.0 Å². The molecule has 2 N–H and O–H groups in total. The fourth-order valence-corrected chi connectivity index (χ4v) is 4.69. The number of sulfone groups is 1. The van der Waals surface area contributed by atoms with Crippen molar-refractivity contribution in [1.29, 1.82) is 0 Å². The summed E-state index contributed by atoms with van der Waals surface area (Å²) in [6, 6.07) is 4.12. The first-order chi connectivity index (χ1) is 12.5. The molecule has 1 aromatic heterocycles. The lowest BCUT2D eigenvalue weighted by Gasteiger charge is -2.38. The Hall–Kier alpha value is -2.55. The highest BCUT2D eigenvalue weighted by atomic mass is 32.2. The van der Waals surface area contributed by atoms with Crippen molar-refractivity contribution in [3.63, 3.8) is 0 Å². The number of benzene rings is 1. The van der Waals surface area contributed by atoms with Gasteiger partial charge in [-0.1, -0.05) is 6.07 Å². The predicted molar refractivity (Wildman–Crippen MR) is 97.8 cm³/mol. The Morgan fingerprint density at radius 1 is 1.33 bits per heavy atom. The van der Waals surface area contributed by atoms with Gasteiger partial charge in [0.25, 0.3) is 0 Å². The Balaban J connectivity index is 2.02. The van der Waals surface area contributed by atoms with E-state index in [1.165, 1.54) is 45.2 Å². The van der Waals surface area contributed by atoms with Crippen molar-refractivity contribution >= 4 is 21.5 Å². The highest BCUT2D eigenvalue weighted by molar-refractivity contribution is 7.93. The second-order valence-electron chi connectivity index (χ2n) is 7.33. The van der Waals surface area contributed by atoms with Crippen LogP contribution < -0.4 is 5.73 Å². The highest BCUT2D eigenvalue weighted by Crippen LogP contribution is 2.38. The normalized spacial score (nSPS) is 23.6. The number of aromatic nitrogens is 1. The Morgan fingerprint density at radius 3 is 2.63 bits per heavy atom. The molecule has 1 aliphatic heterocycles. The number of nitrogens with two attached hydrogens (primary N) is 1. The maximum Gasteiger partial charge on any atom is 0.188 e. The lowest BCUT2D eigenvalue weighted by atomic mass is 9.90. The third-order valence-electron chi connectivity index (χ3n) is 4.93. The number of halogens is 1. The van der Waals surface area contributed by atoms with Gasteiger partial charge in [0.15, 0.2) is 22.0 Å². The second kappa shape index (κ2) is 6.26. The van der Waals surface area contributed by atoms with Crippen LogP contribution in [0, 0.1) is 5.82 Å². The van der Waals surface area contributed by atoms with Gasteiger partial charge < -0.3 is 10.2 Å². The van der Waals surface area contributed by atoms with E-state index in [9.17, 15) is 17.6 Å². The summed E-state index contributed by atoms with van der Waals surface area (Å²) >= 11 is 0. The summed E-state index contributed by atoms with van der Waals surface area (Å²) in [7, 11) is -3.67. The van der Waals surface area contributed by atoms with Gasteiger partial charge in [0.1, 0.15) is 33.9 Å². The van der Waals surface area contributed by atoms with Gasteiger partial charge in [-0.25, -0.2) is 17.8 Å². The van der Waals surface area contributed by atoms with Crippen LogP contribution in [0.5, 0.6) is 0 Å². The minimum Gasteiger partial charge on any atom is -0.451 e. The van der Waals surface area contributed by atoms with Crippen LogP contribution in [0.3, 0.4) is 0 Å². The number of nitrogens with zero attached hydrogens (tertiary/aromatic N) is 2. The molecule has 1 aromatic carbocycles. The van der Waals surface area contributed by atoms with E-state index in [0.29, 0.717) is 5.56 Å². The summed E-state index contributed by atoms with van der Waals surface area (Å²) in [5.74, 6) is -1.36. The first kappa shape index (κ1) is 19.2. The molecule has 27 heavy (non-hydrogen) atoms. The van der Waals surface area contributed by atoms with Crippen LogP contribution >= 0.6 is 0 Å². The number of carbonyl (C=O) groups excluding carboxylic acids is 1. The van der Waals surface area contributed by atoms with Crippen LogP contribution in [0.25, 0.3) is 0 Å². The molecule has 2 aromatic rings. The summed E-state index contributed by atoms with van der Waals surface area (Å²) in [5, 5.41) is 0. The minimum absolute atomic E-state index is 0.0344. The van der Waals surface area contributed by atoms with Gasteiger partial charge in [-0.3, -0.25) is 9.79 Å². The van der Waals surface area contributed by atoms with Gasteiger partial charge >= 0.3 is 0 Å². The third kappa shape index (κ3) is 3.27. The van der Waals surface area contributed by atoms with Gasteiger partial charge in [-0.2, -0.15) is 0 Å². The molecule has 0 saturated carbocycles. The van der Waals surface area contributed by atoms with Crippen LogP contribution in [-0.4, -0.2) is 35.5 Å². The topological polar surface area (TPSA) is 116 Å². The molecule has 9 heteroatoms. The number of ketones is 1. The number of carbonyl (C=O) groups is 1. The van der Waals surface area contributed by atoms with Crippen LogP contribution in [0.15, 0.2) is 40.3 Å². The molecule has 1 atom stereocenters. The first-order valence-electron chi connectivity index (χ1n) is 8.25. The number of hydrogen-bond donors (Lipinski definition) is 1. The van der Waals surface area contributed by atoms with E-state index < -0.39 is 25.9 Å². The van der Waals surface area contributed by atoms with Gasteiger partial charge in [-0.15, -0.1) is 0 Å². The molecular weight excluding hydrogens is 373 g/mol. The molecule has 2 heterocycles. The summed E-state index contributed by atoms with van der Waals surface area (Å²) in [5.41, 5.74) is 5.28. The standard InChI is InChI=1S/C18H20FN3O4S/c1-17(2)16(20)22-18(3,9-27(17,24)25)12-6-11(4-5-13(12)19)7-15(23)14-8-26-10-21-14/h4-6,8,10H,7,9H2,1-3H3,(H2,20,22)/t18-/m0/s1. The Morgan fingerprint density at radius 2 is 2.04 bits per heavy atom. The van der Waals surface area contributed by atoms with Crippen LogP contribution in [0.4, 0.5) is 4.39 Å². The monoisotopic (exact) mass is 393 g/mol. The molecular formula is C18H20FN3O4S. The molecule has 0 unspecified atom stereocenters. The molecule has 144 valence electrons. The zero-order valence-corrected chi connectivity index (χ0v) is 16.0. The van der Waals surface area contributed by atoms with Crippen molar-refractivity contribution in [1.82, 2.24) is 4.98 Å². The molecule has 7 nitrogen and oxygen atoms in total. The van der Waals surface area contributed by atoms with E-state index in [0.717, 1.165) is 6.39 Å². The second-order valence-corrected chi connectivity index (χ2v) is 9.87. The van der Waals surface area contributed by atoms with E-state index in [1.807, 2.05) is 0 Å². The Bertz CT molecular complexity index is 1030. The molecule has 0 aliphatic carbocycles. The average molecular weight is 393 g/mol. The van der Waals surface area contributed by atoms with Crippen LogP contribution in [0.2, 0.25) is 0 Å². The van der Waals surface area contributed by atoms with E-state index in [1.54, 1.807) is 0 Å². The number of oxazole rings is 1. The third-order valence-corrected chi connectivity index (χ3v) is 7.63. The van der Waals surface area contributed by atoms with Crippen molar-refractivity contribution in [3.05, 3.63) is 53.5 Å². The van der Waals surface area contributed by atoms with Crippen molar-refractivity contribution in [2.24, 2.45) is 10.7 Å². The molecule has 0 spiro atoms. The zero-order valence-electron chi connectivity index (χ0n) is 15.2. The number of amidine groups is 1. The average Bonchev–Trinajstić information content (AvgIpc) is 3.09. The highest BCUT2D eigenvalue weighted by Gasteiger charge is 2.49. The van der Waals surface area contributed by atoms with Crippen LogP contribution in [-0.2, 0) is 21.8 Å². The van der Waals surface area contributed by atoms with E-state index >= 15 is 0 Å². The number of rotatable bonds is 4. The summed E-state index contributed by atoms with van der Waals surface area (Å²) < 4.78 is 43.4. The van der Waals surface area contributed by atoms with E-state index in [-0.39, 0.29) is 35.0 Å². The van der Waals surface area contributed by atoms with Gasteiger partial charge in [0, 0.05) is 12.0 Å². The first-order valence-corrected chi connectivity index (χ1v) is 9.90. The SMILES string of the molecule is CC1(C)C(N)=N[C@](C)(c2cc(CC(=O)c3cocn3)ccc2F)CS1(=O)=O. The van der Waals surface area contributed by atoms with Crippen molar-refractivity contribution in [2.75, 3.05) is 5.75 Å². The quantitative estimate of drug-likeness (QED) is 0.795. The minimum atomic E-state index is -3.67. The number of Topliss-reactive ketones (excluding diaryl/α,β-unsaturated/α-hetero) is 1. The molecule has 0 amide bonds. The lowest BCUT2D eigenvalue weighted by molar-refractivity contribution is 0.0988.